The number of hydrogen-bond acceptors (Lipinski definition) is 2. The van der Waals surface area contributed by atoms with Gasteiger partial charge in [0.1, 0.15) is 0 Å². The summed E-state index contributed by atoms with van der Waals surface area (Å²) in [7, 11) is 0. The largest absolute Gasteiger partial charge is 0.404 e. The Morgan fingerprint density at radius 3 is 2.40 bits per heavy atom. The van der Waals surface area contributed by atoms with E-state index in [1.807, 2.05) is 18.3 Å². The molecule has 0 bridgehead atoms. The first kappa shape index (κ1) is 9.90. The number of hydrogen-bond donors (Lipinski definition) is 0. The molecule has 3 nitrogen and oxygen atoms in total. The van der Waals surface area contributed by atoms with Crippen LogP contribution in [0.15, 0.2) is 41.5 Å². The van der Waals surface area contributed by atoms with Crippen LogP contribution >= 0.6 is 0 Å². The molecule has 15 heavy (non-hydrogen) atoms. The van der Waals surface area contributed by atoms with Crippen molar-refractivity contribution in [2.45, 2.75) is 26.3 Å². The van der Waals surface area contributed by atoms with E-state index in [0.29, 0.717) is 0 Å². The molecule has 0 aliphatic carbocycles. The minimum Gasteiger partial charge on any atom is -0.404 e. The summed E-state index contributed by atoms with van der Waals surface area (Å²) in [4.78, 5) is 3.98. The van der Waals surface area contributed by atoms with Gasteiger partial charge in [-0.3, -0.25) is 4.98 Å². The van der Waals surface area contributed by atoms with Crippen molar-refractivity contribution in [2.24, 2.45) is 0 Å². The summed E-state index contributed by atoms with van der Waals surface area (Å²) in [5.41, 5.74) is 1.10. The molecule has 0 fully saturated rings. The zero-order chi connectivity index (χ0) is 10.9. The van der Waals surface area contributed by atoms with E-state index in [1.54, 1.807) is 18.8 Å². The minimum absolute atomic E-state index is 0.0504. The molecule has 0 aliphatic rings. The highest BCUT2D eigenvalue weighted by atomic mass is 16.3. The van der Waals surface area contributed by atoms with Crippen molar-refractivity contribution < 1.29 is 8.98 Å². The first-order valence-corrected chi connectivity index (χ1v) is 4.98. The Morgan fingerprint density at radius 1 is 1.20 bits per heavy atom. The Hall–Kier alpha value is -1.64. The lowest BCUT2D eigenvalue weighted by Crippen LogP contribution is -2.48. The summed E-state index contributed by atoms with van der Waals surface area (Å²) in [5, 5.41) is 0. The lowest BCUT2D eigenvalue weighted by molar-refractivity contribution is -0.756. The van der Waals surface area contributed by atoms with Crippen LogP contribution in [0.1, 0.15) is 20.8 Å². The summed E-state index contributed by atoms with van der Waals surface area (Å²) in [6.07, 6.45) is 7.28. The summed E-state index contributed by atoms with van der Waals surface area (Å²) in [5.74, 6) is 0.868. The Kier molecular flexibility index (Phi) is 2.31. The molecular weight excluding hydrogens is 188 g/mol. The number of pyridine rings is 1. The highest BCUT2D eigenvalue weighted by molar-refractivity contribution is 5.53. The number of aromatic nitrogens is 2. The molecule has 3 heteroatoms. The van der Waals surface area contributed by atoms with Crippen molar-refractivity contribution in [3.05, 3.63) is 37.1 Å². The SMILES string of the molecule is CC(C)(C)[n+]1coc(-c2ccncc2)c1. The van der Waals surface area contributed by atoms with E-state index in [4.69, 9.17) is 4.42 Å². The highest BCUT2D eigenvalue weighted by Gasteiger charge is 2.24. The fourth-order valence-electron chi connectivity index (χ4n) is 1.31. The number of nitrogens with zero attached hydrogens (tertiary/aromatic N) is 2. The predicted octanol–water partition coefficient (Wildman–Crippen LogP) is 2.38. The van der Waals surface area contributed by atoms with Gasteiger partial charge in [-0.15, -0.1) is 0 Å². The molecule has 2 heterocycles. The van der Waals surface area contributed by atoms with Crippen molar-refractivity contribution in [1.29, 1.82) is 0 Å². The van der Waals surface area contributed by atoms with Gasteiger partial charge in [0.05, 0.1) is 0 Å². The molecule has 0 amide bonds. The summed E-state index contributed by atoms with van der Waals surface area (Å²) in [6.45, 7) is 6.41. The van der Waals surface area contributed by atoms with Crippen molar-refractivity contribution in [3.8, 4) is 11.3 Å². The van der Waals surface area contributed by atoms with Crippen molar-refractivity contribution in [3.63, 3.8) is 0 Å². The highest BCUT2D eigenvalue weighted by Crippen LogP contribution is 2.17. The standard InChI is InChI=1S/C12H15N2O/c1-12(2,3)14-8-11(15-9-14)10-4-6-13-7-5-10/h4-9H,1-3H3/q+1. The molecule has 0 atom stereocenters. The number of oxazole rings is 1. The van der Waals surface area contributed by atoms with Gasteiger partial charge in [0, 0.05) is 38.7 Å². The van der Waals surface area contributed by atoms with Crippen LogP contribution in [-0.2, 0) is 5.54 Å². The van der Waals surface area contributed by atoms with E-state index in [1.165, 1.54) is 0 Å². The predicted molar refractivity (Wildman–Crippen MR) is 57.1 cm³/mol. The van der Waals surface area contributed by atoms with Crippen LogP contribution in [0.3, 0.4) is 0 Å². The van der Waals surface area contributed by atoms with Crippen LogP contribution in [0.25, 0.3) is 11.3 Å². The first-order valence-electron chi connectivity index (χ1n) is 4.98. The summed E-state index contributed by atoms with van der Waals surface area (Å²) < 4.78 is 7.57. The average Bonchev–Trinajstić information content (AvgIpc) is 2.67. The second-order valence-electron chi connectivity index (χ2n) is 4.53. The summed E-state index contributed by atoms with van der Waals surface area (Å²) >= 11 is 0. The van der Waals surface area contributed by atoms with Crippen LogP contribution in [0.2, 0.25) is 0 Å². The van der Waals surface area contributed by atoms with E-state index < -0.39 is 0 Å². The van der Waals surface area contributed by atoms with Gasteiger partial charge in [0.2, 0.25) is 12.0 Å². The average molecular weight is 203 g/mol. The lowest BCUT2D eigenvalue weighted by atomic mass is 10.1. The minimum atomic E-state index is 0.0504. The van der Waals surface area contributed by atoms with Gasteiger partial charge >= 0.3 is 6.39 Å². The van der Waals surface area contributed by atoms with E-state index in [-0.39, 0.29) is 5.54 Å². The lowest BCUT2D eigenvalue weighted by Gasteiger charge is -2.07. The number of rotatable bonds is 1. The maximum atomic E-state index is 5.51. The van der Waals surface area contributed by atoms with Gasteiger partial charge in [-0.25, -0.2) is 0 Å². The van der Waals surface area contributed by atoms with Crippen LogP contribution < -0.4 is 4.57 Å². The molecule has 0 radical (unpaired) electrons. The topological polar surface area (TPSA) is 29.9 Å². The normalized spacial score (nSPS) is 11.7. The van der Waals surface area contributed by atoms with Gasteiger partial charge in [-0.05, 0) is 12.1 Å². The molecule has 0 aliphatic heterocycles. The summed E-state index contributed by atoms with van der Waals surface area (Å²) in [6, 6.07) is 3.87. The maximum Gasteiger partial charge on any atom is 0.335 e. The third-order valence-electron chi connectivity index (χ3n) is 2.29. The van der Waals surface area contributed by atoms with Crippen molar-refractivity contribution in [1.82, 2.24) is 4.98 Å². The molecule has 2 rings (SSSR count). The molecule has 2 aromatic heterocycles. The Morgan fingerprint density at radius 2 is 1.87 bits per heavy atom. The Labute approximate surface area is 89.4 Å². The molecule has 0 aromatic carbocycles. The smallest absolute Gasteiger partial charge is 0.335 e. The van der Waals surface area contributed by atoms with Gasteiger partial charge in [0.25, 0.3) is 0 Å². The van der Waals surface area contributed by atoms with E-state index in [2.05, 4.69) is 30.3 Å². The zero-order valence-corrected chi connectivity index (χ0v) is 9.27. The van der Waals surface area contributed by atoms with Gasteiger partial charge < -0.3 is 4.42 Å². The quantitative estimate of drug-likeness (QED) is 0.666. The van der Waals surface area contributed by atoms with Gasteiger partial charge in [-0.1, -0.05) is 0 Å². The van der Waals surface area contributed by atoms with Gasteiger partial charge in [0.15, 0.2) is 5.54 Å². The molecular formula is C12H15N2O+. The third kappa shape index (κ3) is 2.06. The second-order valence-corrected chi connectivity index (χ2v) is 4.53. The fourth-order valence-corrected chi connectivity index (χ4v) is 1.31. The van der Waals surface area contributed by atoms with Crippen LogP contribution in [0, 0.1) is 0 Å². The molecule has 0 N–H and O–H groups in total. The van der Waals surface area contributed by atoms with E-state index >= 15 is 0 Å². The molecule has 0 saturated heterocycles. The maximum absolute atomic E-state index is 5.51. The zero-order valence-electron chi connectivity index (χ0n) is 9.27. The van der Waals surface area contributed by atoms with E-state index in [9.17, 15) is 0 Å². The Bertz CT molecular complexity index is 440. The van der Waals surface area contributed by atoms with Crippen molar-refractivity contribution >= 4 is 0 Å². The van der Waals surface area contributed by atoms with Gasteiger partial charge in [-0.2, -0.15) is 4.57 Å². The van der Waals surface area contributed by atoms with Crippen LogP contribution in [0.4, 0.5) is 0 Å². The van der Waals surface area contributed by atoms with E-state index in [0.717, 1.165) is 11.3 Å². The molecule has 78 valence electrons. The Balaban J connectivity index is 2.37. The molecule has 0 unspecified atom stereocenters. The van der Waals surface area contributed by atoms with Crippen molar-refractivity contribution in [2.75, 3.05) is 0 Å². The third-order valence-corrected chi connectivity index (χ3v) is 2.29. The fraction of sp³-hybridized carbons (Fsp3) is 0.333. The molecule has 0 saturated carbocycles. The monoisotopic (exact) mass is 203 g/mol. The molecule has 0 spiro atoms. The van der Waals surface area contributed by atoms with Crippen LogP contribution in [0.5, 0.6) is 0 Å². The second kappa shape index (κ2) is 3.50. The first-order chi connectivity index (χ1) is 7.07. The van der Waals surface area contributed by atoms with Crippen LogP contribution in [-0.4, -0.2) is 4.98 Å². The molecule has 2 aromatic rings.